The molecule has 7 heteroatoms. The summed E-state index contributed by atoms with van der Waals surface area (Å²) in [6, 6.07) is 5.82. The third-order valence-corrected chi connectivity index (χ3v) is 16.6. The Kier molecular flexibility index (Phi) is 8.37. The quantitative estimate of drug-likeness (QED) is 0.184. The van der Waals surface area contributed by atoms with E-state index in [2.05, 4.69) is 90.2 Å². The minimum atomic E-state index is -2.10. The van der Waals surface area contributed by atoms with Crippen molar-refractivity contribution in [2.45, 2.75) is 140 Å². The van der Waals surface area contributed by atoms with Crippen molar-refractivity contribution in [2.75, 3.05) is 0 Å². The number of hydrogen-bond donors (Lipinski definition) is 1. The molecule has 1 saturated carbocycles. The second kappa shape index (κ2) is 11.0. The molecule has 5 nitrogen and oxygen atoms in total. The van der Waals surface area contributed by atoms with E-state index in [0.717, 1.165) is 48.9 Å². The van der Waals surface area contributed by atoms with E-state index in [1.807, 2.05) is 13.0 Å². The molecule has 1 spiro atoms. The van der Waals surface area contributed by atoms with Gasteiger partial charge in [0.15, 0.2) is 8.32 Å². The molecule has 0 saturated heterocycles. The van der Waals surface area contributed by atoms with Crippen molar-refractivity contribution >= 4 is 36.9 Å². The van der Waals surface area contributed by atoms with Crippen LogP contribution in [-0.2, 0) is 27.6 Å². The van der Waals surface area contributed by atoms with Gasteiger partial charge in [0.2, 0.25) is 0 Å². The van der Waals surface area contributed by atoms with Gasteiger partial charge in [-0.15, -0.1) is 0 Å². The van der Waals surface area contributed by atoms with Crippen LogP contribution in [0.4, 0.5) is 0 Å². The maximum Gasteiger partial charge on any atom is 0.335 e. The van der Waals surface area contributed by atoms with Gasteiger partial charge in [0, 0.05) is 32.0 Å². The summed E-state index contributed by atoms with van der Waals surface area (Å²) in [5.74, 6) is -0.648. The topological polar surface area (TPSA) is 68.7 Å². The monoisotopic (exact) mass is 703 g/mol. The molecule has 2 aromatic rings. The zero-order valence-corrected chi connectivity index (χ0v) is 30.4. The van der Waals surface area contributed by atoms with Gasteiger partial charge in [-0.2, -0.15) is 0 Å². The smallest absolute Gasteiger partial charge is 0.335 e. The molecule has 0 radical (unpaired) electrons. The van der Waals surface area contributed by atoms with Crippen LogP contribution in [-0.4, -0.2) is 28.3 Å². The fourth-order valence-electron chi connectivity index (χ4n) is 7.28. The molecule has 2 unspecified atom stereocenters. The van der Waals surface area contributed by atoms with Crippen LogP contribution < -0.4 is 0 Å². The Balaban J connectivity index is 1.81. The molecule has 0 amide bonds. The van der Waals surface area contributed by atoms with Gasteiger partial charge in [0.05, 0.1) is 11.7 Å². The number of hydrogen-bond acceptors (Lipinski definition) is 4. The molecule has 5 rings (SSSR count). The first kappa shape index (κ1) is 32.1. The van der Waals surface area contributed by atoms with E-state index in [1.165, 1.54) is 22.4 Å². The Morgan fingerprint density at radius 3 is 2.48 bits per heavy atom. The van der Waals surface area contributed by atoms with E-state index in [0.29, 0.717) is 15.9 Å². The number of aryl methyl sites for hydroxylation is 1. The highest BCUT2D eigenvalue weighted by Gasteiger charge is 2.57. The summed E-state index contributed by atoms with van der Waals surface area (Å²) in [6.07, 6.45) is 5.52. The normalized spacial score (nSPS) is 27.0. The number of halogens is 1. The van der Waals surface area contributed by atoms with Crippen LogP contribution in [0.25, 0.3) is 0 Å². The summed E-state index contributed by atoms with van der Waals surface area (Å²) < 4.78 is 15.1. The van der Waals surface area contributed by atoms with Gasteiger partial charge in [0.1, 0.15) is 11.7 Å². The molecular formula is C35H50INO4Si. The predicted molar refractivity (Wildman–Crippen MR) is 180 cm³/mol. The Morgan fingerprint density at radius 2 is 1.93 bits per heavy atom. The fraction of sp³-hybridized carbons (Fsp3) is 0.657. The lowest BCUT2D eigenvalue weighted by Crippen LogP contribution is -2.44. The number of rotatable bonds is 6. The third kappa shape index (κ3) is 5.32. The summed E-state index contributed by atoms with van der Waals surface area (Å²) in [5, 5.41) is 9.93. The van der Waals surface area contributed by atoms with Crippen molar-refractivity contribution < 1.29 is 19.1 Å². The van der Waals surface area contributed by atoms with Gasteiger partial charge in [-0.05, 0) is 85.2 Å². The van der Waals surface area contributed by atoms with Crippen LogP contribution >= 0.6 is 22.6 Å². The number of ether oxygens (including phenoxy) is 1. The second-order valence-corrected chi connectivity index (χ2v) is 21.8. The number of fused-ring (bicyclic) bond motifs is 4. The number of carboxylic acids is 1. The average Bonchev–Trinajstić information content (AvgIpc) is 3.41. The fourth-order valence-corrected chi connectivity index (χ4v) is 9.75. The number of alkyl halides is 1. The molecule has 1 aromatic carbocycles. The maximum atomic E-state index is 12.0. The molecule has 230 valence electrons. The average molecular weight is 704 g/mol. The summed E-state index contributed by atoms with van der Waals surface area (Å²) >= 11 is 2.64. The lowest BCUT2D eigenvalue weighted by molar-refractivity contribution is -0.0515. The van der Waals surface area contributed by atoms with Crippen molar-refractivity contribution in [1.29, 1.82) is 0 Å². The zero-order chi connectivity index (χ0) is 31.0. The highest BCUT2D eigenvalue weighted by Crippen LogP contribution is 2.62. The summed E-state index contributed by atoms with van der Waals surface area (Å²) in [5.41, 5.74) is 8.17. The number of carbonyl (C=O) groups is 1. The zero-order valence-electron chi connectivity index (χ0n) is 27.3. The van der Waals surface area contributed by atoms with Crippen molar-refractivity contribution in [3.8, 4) is 0 Å². The van der Waals surface area contributed by atoms with Crippen molar-refractivity contribution in [1.82, 2.24) is 4.98 Å². The molecule has 1 fully saturated rings. The highest BCUT2D eigenvalue weighted by atomic mass is 127. The lowest BCUT2D eigenvalue weighted by Gasteiger charge is -2.45. The molecule has 2 heterocycles. The van der Waals surface area contributed by atoms with Crippen molar-refractivity contribution in [3.63, 3.8) is 0 Å². The van der Waals surface area contributed by atoms with E-state index in [-0.39, 0.29) is 28.6 Å². The summed E-state index contributed by atoms with van der Waals surface area (Å²) in [7, 11) is -2.10. The minimum Gasteiger partial charge on any atom is -0.478 e. The summed E-state index contributed by atoms with van der Waals surface area (Å²) in [4.78, 5) is 17.5. The Bertz CT molecular complexity index is 1390. The SMILES string of the molecule is CCc1cc([C@H]2OC3(CCCC3I)c3c2c(C(C)C)nc2c3[C@@H](O[Si](C)(C)C(C)(C)C)CC(C)(C)C2)ccc1C(=O)O. The van der Waals surface area contributed by atoms with Gasteiger partial charge in [-0.25, -0.2) is 4.79 Å². The number of aromatic carboxylic acids is 1. The first-order valence-electron chi connectivity index (χ1n) is 15.9. The molecule has 1 N–H and O–H groups in total. The van der Waals surface area contributed by atoms with Crippen molar-refractivity contribution in [2.24, 2.45) is 5.41 Å². The van der Waals surface area contributed by atoms with E-state index >= 15 is 0 Å². The molecule has 4 atom stereocenters. The number of pyridine rings is 1. The van der Waals surface area contributed by atoms with Crippen LogP contribution in [0.15, 0.2) is 18.2 Å². The van der Waals surface area contributed by atoms with Gasteiger partial charge >= 0.3 is 5.97 Å². The van der Waals surface area contributed by atoms with Crippen LogP contribution in [0.1, 0.15) is 149 Å². The van der Waals surface area contributed by atoms with Crippen LogP contribution in [0.3, 0.4) is 0 Å². The van der Waals surface area contributed by atoms with Gasteiger partial charge in [-0.1, -0.05) is 90.1 Å². The lowest BCUT2D eigenvalue weighted by atomic mass is 9.70. The van der Waals surface area contributed by atoms with Crippen LogP contribution in [0, 0.1) is 5.41 Å². The Labute approximate surface area is 267 Å². The molecule has 1 aliphatic heterocycles. The number of carboxylic acid groups (broad SMARTS) is 1. The largest absolute Gasteiger partial charge is 0.478 e. The number of nitrogens with zero attached hydrogens (tertiary/aromatic N) is 1. The second-order valence-electron chi connectivity index (χ2n) is 15.5. The Hall–Kier alpha value is -1.29. The molecule has 1 aromatic heterocycles. The van der Waals surface area contributed by atoms with E-state index in [1.54, 1.807) is 6.07 Å². The summed E-state index contributed by atoms with van der Waals surface area (Å²) in [6.45, 7) is 22.9. The Morgan fingerprint density at radius 1 is 1.24 bits per heavy atom. The molecule has 3 aliphatic rings. The van der Waals surface area contributed by atoms with E-state index < -0.39 is 19.9 Å². The number of benzene rings is 1. The predicted octanol–water partition coefficient (Wildman–Crippen LogP) is 9.80. The molecular weight excluding hydrogens is 653 g/mol. The first-order chi connectivity index (χ1) is 19.4. The van der Waals surface area contributed by atoms with Crippen LogP contribution in [0.5, 0.6) is 0 Å². The highest BCUT2D eigenvalue weighted by molar-refractivity contribution is 14.1. The van der Waals surface area contributed by atoms with Crippen molar-refractivity contribution in [3.05, 3.63) is 63.0 Å². The first-order valence-corrected chi connectivity index (χ1v) is 20.0. The maximum absolute atomic E-state index is 12.0. The number of aromatic nitrogens is 1. The van der Waals surface area contributed by atoms with Gasteiger partial charge in [-0.3, -0.25) is 4.98 Å². The standard InChI is InChI=1S/C35H50INO4Si/c1-11-21-17-22(14-15-23(21)32(38)39)31-28-29(35(40-31)16-12-13-26(35)36)27-24(37-30(28)20(2)3)18-34(7,8)19-25(27)41-42(9,10)33(4,5)6/h14-15,17,20,25-26,31H,11-13,16,18-19H2,1-10H3,(H,38,39)/t25-,26?,31+,35?/m0/s1. The van der Waals surface area contributed by atoms with Gasteiger partial charge < -0.3 is 14.3 Å². The van der Waals surface area contributed by atoms with Crippen LogP contribution in [0.2, 0.25) is 18.1 Å². The van der Waals surface area contributed by atoms with E-state index in [4.69, 9.17) is 14.1 Å². The van der Waals surface area contributed by atoms with Gasteiger partial charge in [0.25, 0.3) is 0 Å². The third-order valence-electron chi connectivity index (χ3n) is 10.4. The molecule has 0 bridgehead atoms. The van der Waals surface area contributed by atoms with E-state index in [9.17, 15) is 9.90 Å². The molecule has 42 heavy (non-hydrogen) atoms. The minimum absolute atomic E-state index is 0.0175. The molecule has 2 aliphatic carbocycles.